The van der Waals surface area contributed by atoms with Gasteiger partial charge in [-0.15, -0.1) is 0 Å². The number of carboxylic acids is 1. The molecular weight excluding hydrogens is 364 g/mol. The number of halogens is 2. The Morgan fingerprint density at radius 3 is 2.62 bits per heavy atom. The van der Waals surface area contributed by atoms with E-state index in [4.69, 9.17) is 16.3 Å². The number of hydrogen-bond acceptors (Lipinski definition) is 3. The lowest BCUT2D eigenvalue weighted by Crippen LogP contribution is -2.58. The minimum absolute atomic E-state index is 0.229. The van der Waals surface area contributed by atoms with Gasteiger partial charge in [0.1, 0.15) is 5.54 Å². The minimum Gasteiger partial charge on any atom is -0.480 e. The van der Waals surface area contributed by atoms with Gasteiger partial charge in [-0.05, 0) is 34.1 Å². The van der Waals surface area contributed by atoms with E-state index in [9.17, 15) is 14.7 Å². The Labute approximate surface area is 134 Å². The summed E-state index contributed by atoms with van der Waals surface area (Å²) in [6.07, 6.45) is 0.457. The third-order valence-electron chi connectivity index (χ3n) is 3.29. The first-order valence-electron chi connectivity index (χ1n) is 6.28. The fourth-order valence-corrected chi connectivity index (χ4v) is 2.59. The van der Waals surface area contributed by atoms with Gasteiger partial charge < -0.3 is 20.5 Å². The van der Waals surface area contributed by atoms with Crippen molar-refractivity contribution < 1.29 is 19.4 Å². The lowest BCUT2D eigenvalue weighted by molar-refractivity contribution is -0.148. The van der Waals surface area contributed by atoms with Crippen molar-refractivity contribution in [3.63, 3.8) is 0 Å². The molecule has 2 rings (SSSR count). The van der Waals surface area contributed by atoms with Crippen molar-refractivity contribution in [1.82, 2.24) is 5.32 Å². The highest BCUT2D eigenvalue weighted by molar-refractivity contribution is 9.10. The average molecular weight is 378 g/mol. The van der Waals surface area contributed by atoms with Crippen LogP contribution in [-0.2, 0) is 9.53 Å². The van der Waals surface area contributed by atoms with Crippen molar-refractivity contribution in [2.75, 3.05) is 18.5 Å². The van der Waals surface area contributed by atoms with Crippen LogP contribution in [0.1, 0.15) is 12.8 Å². The molecule has 1 fully saturated rings. The van der Waals surface area contributed by atoms with Gasteiger partial charge >= 0.3 is 12.0 Å². The molecule has 1 saturated heterocycles. The van der Waals surface area contributed by atoms with Crippen LogP contribution in [0.2, 0.25) is 5.02 Å². The van der Waals surface area contributed by atoms with E-state index < -0.39 is 17.5 Å². The number of benzene rings is 1. The number of carbonyl (C=O) groups is 2. The number of anilines is 1. The first-order valence-corrected chi connectivity index (χ1v) is 7.45. The highest BCUT2D eigenvalue weighted by atomic mass is 79.9. The topological polar surface area (TPSA) is 87.7 Å². The van der Waals surface area contributed by atoms with Crippen LogP contribution in [0.15, 0.2) is 22.7 Å². The van der Waals surface area contributed by atoms with Gasteiger partial charge in [-0.3, -0.25) is 0 Å². The van der Waals surface area contributed by atoms with E-state index in [1.54, 1.807) is 18.2 Å². The predicted octanol–water partition coefficient (Wildman–Crippen LogP) is 2.86. The largest absolute Gasteiger partial charge is 0.480 e. The molecule has 0 unspecified atom stereocenters. The van der Waals surface area contributed by atoms with Crippen LogP contribution in [-0.4, -0.2) is 35.9 Å². The Morgan fingerprint density at radius 2 is 2.00 bits per heavy atom. The molecule has 0 radical (unpaired) electrons. The molecule has 1 aromatic rings. The maximum Gasteiger partial charge on any atom is 0.329 e. The first-order chi connectivity index (χ1) is 9.93. The van der Waals surface area contributed by atoms with Gasteiger partial charge in [0.15, 0.2) is 0 Å². The molecule has 2 amide bonds. The van der Waals surface area contributed by atoms with Crippen molar-refractivity contribution in [3.05, 3.63) is 27.7 Å². The normalized spacial score (nSPS) is 17.0. The summed E-state index contributed by atoms with van der Waals surface area (Å²) in [4.78, 5) is 23.5. The summed E-state index contributed by atoms with van der Waals surface area (Å²) < 4.78 is 5.80. The van der Waals surface area contributed by atoms with Crippen LogP contribution in [0.5, 0.6) is 0 Å². The molecule has 0 atom stereocenters. The lowest BCUT2D eigenvalue weighted by Gasteiger charge is -2.33. The number of urea groups is 1. The molecule has 0 aromatic heterocycles. The Morgan fingerprint density at radius 1 is 1.33 bits per heavy atom. The molecule has 1 aliphatic rings. The van der Waals surface area contributed by atoms with Crippen LogP contribution >= 0.6 is 27.5 Å². The van der Waals surface area contributed by atoms with Gasteiger partial charge in [0.25, 0.3) is 0 Å². The van der Waals surface area contributed by atoms with Crippen molar-refractivity contribution in [3.8, 4) is 0 Å². The number of carboxylic acid groups (broad SMARTS) is 1. The summed E-state index contributed by atoms with van der Waals surface area (Å²) >= 11 is 9.16. The molecule has 114 valence electrons. The van der Waals surface area contributed by atoms with Crippen molar-refractivity contribution in [1.29, 1.82) is 0 Å². The molecular formula is C13H14BrClN2O4. The number of amides is 2. The van der Waals surface area contributed by atoms with Gasteiger partial charge in [0.05, 0.1) is 5.69 Å². The predicted molar refractivity (Wildman–Crippen MR) is 81.7 cm³/mol. The highest BCUT2D eigenvalue weighted by Crippen LogP contribution is 2.26. The van der Waals surface area contributed by atoms with E-state index in [0.29, 0.717) is 28.4 Å². The summed E-state index contributed by atoms with van der Waals surface area (Å²) in [6.45, 7) is 0.598. The Balaban J connectivity index is 2.09. The fourth-order valence-electron chi connectivity index (χ4n) is 2.08. The molecule has 0 bridgehead atoms. The molecule has 0 spiro atoms. The summed E-state index contributed by atoms with van der Waals surface area (Å²) in [5.74, 6) is -1.06. The monoisotopic (exact) mass is 376 g/mol. The van der Waals surface area contributed by atoms with Crippen LogP contribution < -0.4 is 10.6 Å². The Hall–Kier alpha value is -1.31. The smallest absolute Gasteiger partial charge is 0.329 e. The van der Waals surface area contributed by atoms with E-state index in [1.807, 2.05) is 0 Å². The average Bonchev–Trinajstić information content (AvgIpc) is 2.43. The molecule has 21 heavy (non-hydrogen) atoms. The standard InChI is InChI=1S/C13H14BrClN2O4/c14-9-2-1-8(15)7-10(9)16-12(20)17-13(11(18)19)3-5-21-6-4-13/h1-2,7H,3-6H2,(H,18,19)(H2,16,17,20). The van der Waals surface area contributed by atoms with Gasteiger partial charge in [-0.25, -0.2) is 9.59 Å². The zero-order chi connectivity index (χ0) is 15.5. The van der Waals surface area contributed by atoms with Crippen LogP contribution in [0.25, 0.3) is 0 Å². The third-order valence-corrected chi connectivity index (χ3v) is 4.21. The molecule has 0 saturated carbocycles. The van der Waals surface area contributed by atoms with Gasteiger partial charge in [0.2, 0.25) is 0 Å². The van der Waals surface area contributed by atoms with Gasteiger partial charge in [0, 0.05) is 35.6 Å². The summed E-state index contributed by atoms with van der Waals surface area (Å²) in [7, 11) is 0. The third kappa shape index (κ3) is 3.87. The van der Waals surface area contributed by atoms with Crippen molar-refractivity contribution >= 4 is 45.2 Å². The Bertz CT molecular complexity index is 561. The van der Waals surface area contributed by atoms with Crippen LogP contribution in [0.4, 0.5) is 10.5 Å². The quantitative estimate of drug-likeness (QED) is 0.756. The molecule has 1 aromatic carbocycles. The fraction of sp³-hybridized carbons (Fsp3) is 0.385. The summed E-state index contributed by atoms with van der Waals surface area (Å²) in [5, 5.41) is 15.0. The molecule has 1 aliphatic heterocycles. The summed E-state index contributed by atoms with van der Waals surface area (Å²) in [6, 6.07) is 4.34. The SMILES string of the molecule is O=C(Nc1cc(Cl)ccc1Br)NC1(C(=O)O)CCOCC1. The zero-order valence-corrected chi connectivity index (χ0v) is 13.3. The van der Waals surface area contributed by atoms with Gasteiger partial charge in [-0.1, -0.05) is 11.6 Å². The van der Waals surface area contributed by atoms with E-state index >= 15 is 0 Å². The summed E-state index contributed by atoms with van der Waals surface area (Å²) in [5.41, 5.74) is -0.833. The minimum atomic E-state index is -1.30. The lowest BCUT2D eigenvalue weighted by atomic mass is 9.90. The van der Waals surface area contributed by atoms with Crippen molar-refractivity contribution in [2.45, 2.75) is 18.4 Å². The van der Waals surface area contributed by atoms with Crippen LogP contribution in [0, 0.1) is 0 Å². The molecule has 6 nitrogen and oxygen atoms in total. The second-order valence-corrected chi connectivity index (χ2v) is 5.99. The van der Waals surface area contributed by atoms with E-state index in [2.05, 4.69) is 26.6 Å². The number of carbonyl (C=O) groups excluding carboxylic acids is 1. The van der Waals surface area contributed by atoms with Crippen LogP contribution in [0.3, 0.4) is 0 Å². The number of rotatable bonds is 3. The number of nitrogens with one attached hydrogen (secondary N) is 2. The number of aliphatic carboxylic acids is 1. The number of ether oxygens (including phenoxy) is 1. The maximum atomic E-state index is 12.1. The second kappa shape index (κ2) is 6.64. The first kappa shape index (κ1) is 16.1. The highest BCUT2D eigenvalue weighted by Gasteiger charge is 2.41. The molecule has 1 heterocycles. The second-order valence-electron chi connectivity index (χ2n) is 4.70. The Kier molecular flexibility index (Phi) is 5.08. The zero-order valence-electron chi connectivity index (χ0n) is 11.0. The van der Waals surface area contributed by atoms with E-state index in [0.717, 1.165) is 0 Å². The number of hydrogen-bond donors (Lipinski definition) is 3. The van der Waals surface area contributed by atoms with E-state index in [-0.39, 0.29) is 12.8 Å². The molecule has 3 N–H and O–H groups in total. The van der Waals surface area contributed by atoms with E-state index in [1.165, 1.54) is 0 Å². The molecule has 8 heteroatoms. The van der Waals surface area contributed by atoms with Crippen molar-refractivity contribution in [2.24, 2.45) is 0 Å². The molecule has 0 aliphatic carbocycles. The van der Waals surface area contributed by atoms with Gasteiger partial charge in [-0.2, -0.15) is 0 Å². The maximum absolute atomic E-state index is 12.1.